The molecule has 4 fully saturated rings. The van der Waals surface area contributed by atoms with Crippen LogP contribution in [0, 0.1) is 40.4 Å². The topological polar surface area (TPSA) is 190 Å². The van der Waals surface area contributed by atoms with E-state index in [1.807, 2.05) is 13.8 Å². The van der Waals surface area contributed by atoms with Gasteiger partial charge in [0.2, 0.25) is 0 Å². The first-order chi connectivity index (χ1) is 20.7. The molecule has 0 spiro atoms. The third-order valence-corrected chi connectivity index (χ3v) is 12.4. The molecule has 4 rings (SSSR count). The van der Waals surface area contributed by atoms with E-state index in [2.05, 4.69) is 13.8 Å². The Balaban J connectivity index is 1.51. The predicted octanol–water partition coefficient (Wildman–Crippen LogP) is 0.948. The Morgan fingerprint density at radius 1 is 0.955 bits per heavy atom. The molecule has 8 N–H and O–H groups in total. The van der Waals surface area contributed by atoms with Gasteiger partial charge >= 0.3 is 0 Å². The third-order valence-electron chi connectivity index (χ3n) is 12.4. The van der Waals surface area contributed by atoms with Crippen molar-refractivity contribution in [1.29, 1.82) is 0 Å². The molecular formula is C33H60O11. The molecule has 3 aliphatic carbocycles. The average molecular weight is 633 g/mol. The maximum absolute atomic E-state index is 12.4. The highest BCUT2D eigenvalue weighted by molar-refractivity contribution is 5.17. The number of methoxy groups -OCH3 is 1. The van der Waals surface area contributed by atoms with E-state index >= 15 is 0 Å². The first-order valence-corrected chi connectivity index (χ1v) is 16.8. The fraction of sp³-hybridized carbons (Fsp3) is 1.00. The molecule has 0 radical (unpaired) electrons. The van der Waals surface area contributed by atoms with E-state index in [4.69, 9.17) is 14.2 Å². The Hall–Kier alpha value is -0.440. The standard InChI is InChI=1S/C33H60O11/c1-18(14-34)7-6-8-19(2)25(22(36)15-35)31(3)11-10-24-32(4)12-9-20(13-21(32)26(38)29(40)33(24,41)17-31)44-30-28(42-5)27(39)23(37)16-43-30/h18-30,34-41H,6-17H2,1-5H3. The quantitative estimate of drug-likeness (QED) is 0.143. The summed E-state index contributed by atoms with van der Waals surface area (Å²) in [6, 6.07) is 0. The van der Waals surface area contributed by atoms with Gasteiger partial charge in [0.15, 0.2) is 6.29 Å². The zero-order valence-electron chi connectivity index (χ0n) is 27.3. The van der Waals surface area contributed by atoms with Crippen molar-refractivity contribution in [1.82, 2.24) is 0 Å². The van der Waals surface area contributed by atoms with Crippen molar-refractivity contribution in [3.05, 3.63) is 0 Å². The van der Waals surface area contributed by atoms with Gasteiger partial charge in [-0.05, 0) is 85.4 Å². The summed E-state index contributed by atoms with van der Waals surface area (Å²) in [7, 11) is 1.42. The van der Waals surface area contributed by atoms with E-state index in [9.17, 15) is 40.9 Å². The molecule has 0 bridgehead atoms. The van der Waals surface area contributed by atoms with Crippen LogP contribution in [0.5, 0.6) is 0 Å². The Labute approximate surface area is 262 Å². The lowest BCUT2D eigenvalue weighted by atomic mass is 9.42. The van der Waals surface area contributed by atoms with Crippen molar-refractivity contribution >= 4 is 0 Å². The second kappa shape index (κ2) is 14.4. The van der Waals surface area contributed by atoms with Gasteiger partial charge in [-0.3, -0.25) is 0 Å². The molecule has 44 heavy (non-hydrogen) atoms. The second-order valence-corrected chi connectivity index (χ2v) is 15.4. The van der Waals surface area contributed by atoms with Gasteiger partial charge in [0.05, 0.1) is 37.1 Å². The maximum Gasteiger partial charge on any atom is 0.186 e. The van der Waals surface area contributed by atoms with Gasteiger partial charge in [-0.2, -0.15) is 0 Å². The summed E-state index contributed by atoms with van der Waals surface area (Å²) >= 11 is 0. The van der Waals surface area contributed by atoms with E-state index in [1.54, 1.807) is 0 Å². The van der Waals surface area contributed by atoms with Gasteiger partial charge in [-0.1, -0.05) is 40.5 Å². The Kier molecular flexibility index (Phi) is 11.9. The van der Waals surface area contributed by atoms with Gasteiger partial charge < -0.3 is 55.1 Å². The van der Waals surface area contributed by atoms with E-state index in [0.29, 0.717) is 32.1 Å². The molecule has 1 aliphatic heterocycles. The third kappa shape index (κ3) is 6.76. The zero-order valence-corrected chi connectivity index (χ0v) is 27.3. The number of aliphatic hydroxyl groups is 8. The molecule has 0 aromatic carbocycles. The summed E-state index contributed by atoms with van der Waals surface area (Å²) in [6.07, 6.45) is -2.11. The van der Waals surface area contributed by atoms with Crippen LogP contribution in [0.4, 0.5) is 0 Å². The fourth-order valence-electron chi connectivity index (χ4n) is 10.0. The lowest BCUT2D eigenvalue weighted by Gasteiger charge is -2.66. The average Bonchev–Trinajstić information content (AvgIpc) is 2.98. The van der Waals surface area contributed by atoms with Gasteiger partial charge in [0.1, 0.15) is 24.4 Å². The van der Waals surface area contributed by atoms with Gasteiger partial charge in [-0.15, -0.1) is 0 Å². The highest BCUT2D eigenvalue weighted by Gasteiger charge is 2.67. The van der Waals surface area contributed by atoms with E-state index in [1.165, 1.54) is 7.11 Å². The maximum atomic E-state index is 12.4. The molecule has 258 valence electrons. The van der Waals surface area contributed by atoms with Gasteiger partial charge in [0.25, 0.3) is 0 Å². The van der Waals surface area contributed by atoms with Crippen LogP contribution in [0.2, 0.25) is 0 Å². The van der Waals surface area contributed by atoms with E-state index < -0.39 is 66.0 Å². The summed E-state index contributed by atoms with van der Waals surface area (Å²) in [5, 5.41) is 86.5. The fourth-order valence-corrected chi connectivity index (χ4v) is 10.0. The molecule has 3 saturated carbocycles. The van der Waals surface area contributed by atoms with Crippen molar-refractivity contribution in [2.75, 3.05) is 26.9 Å². The van der Waals surface area contributed by atoms with Crippen LogP contribution in [0.3, 0.4) is 0 Å². The molecule has 16 unspecified atom stereocenters. The number of aliphatic hydroxyl groups excluding tert-OH is 7. The summed E-state index contributed by atoms with van der Waals surface area (Å²) in [4.78, 5) is 0. The highest BCUT2D eigenvalue weighted by Crippen LogP contribution is 2.65. The summed E-state index contributed by atoms with van der Waals surface area (Å²) in [6.45, 7) is 7.87. The number of hydrogen-bond donors (Lipinski definition) is 8. The molecule has 16 atom stereocenters. The molecule has 0 aromatic rings. The zero-order chi connectivity index (χ0) is 32.6. The van der Waals surface area contributed by atoms with Crippen LogP contribution in [0.15, 0.2) is 0 Å². The van der Waals surface area contributed by atoms with Crippen molar-refractivity contribution in [3.8, 4) is 0 Å². The SMILES string of the molecule is COC1C(OC2CCC3(C)C(C2)C(O)C(O)C2(O)CC(C)(C(C(C)CCCC(C)CO)C(O)CO)CCC32)OCC(O)C1O. The van der Waals surface area contributed by atoms with Crippen molar-refractivity contribution < 1.29 is 55.1 Å². The Morgan fingerprint density at radius 3 is 2.30 bits per heavy atom. The lowest BCUT2D eigenvalue weighted by Crippen LogP contribution is -2.71. The Morgan fingerprint density at radius 2 is 1.66 bits per heavy atom. The molecule has 11 heteroatoms. The summed E-state index contributed by atoms with van der Waals surface area (Å²) in [5.74, 6) is -0.724. The van der Waals surface area contributed by atoms with Crippen LogP contribution in [-0.2, 0) is 14.2 Å². The Bertz CT molecular complexity index is 924. The summed E-state index contributed by atoms with van der Waals surface area (Å²) in [5.41, 5.74) is -2.63. The molecule has 0 aromatic heterocycles. The highest BCUT2D eigenvalue weighted by atomic mass is 16.7. The predicted molar refractivity (Wildman–Crippen MR) is 161 cm³/mol. The molecular weight excluding hydrogens is 572 g/mol. The number of rotatable bonds is 12. The smallest absolute Gasteiger partial charge is 0.186 e. The van der Waals surface area contributed by atoms with Crippen LogP contribution in [-0.4, -0.2) is 122 Å². The molecule has 0 amide bonds. The van der Waals surface area contributed by atoms with Crippen LogP contribution >= 0.6 is 0 Å². The van der Waals surface area contributed by atoms with Crippen molar-refractivity contribution in [2.24, 2.45) is 40.4 Å². The number of ether oxygens (including phenoxy) is 3. The monoisotopic (exact) mass is 632 g/mol. The largest absolute Gasteiger partial charge is 0.396 e. The van der Waals surface area contributed by atoms with E-state index in [-0.39, 0.29) is 55.3 Å². The number of fused-ring (bicyclic) bond motifs is 3. The van der Waals surface area contributed by atoms with Crippen LogP contribution in [0.1, 0.15) is 85.5 Å². The molecule has 1 saturated heterocycles. The van der Waals surface area contributed by atoms with Gasteiger partial charge in [0, 0.05) is 13.7 Å². The molecule has 1 heterocycles. The minimum atomic E-state index is -1.57. The molecule has 4 aliphatic rings. The first kappa shape index (κ1) is 36.4. The van der Waals surface area contributed by atoms with Gasteiger partial charge in [-0.25, -0.2) is 0 Å². The van der Waals surface area contributed by atoms with E-state index in [0.717, 1.165) is 19.3 Å². The minimum Gasteiger partial charge on any atom is -0.396 e. The van der Waals surface area contributed by atoms with Crippen LogP contribution in [0.25, 0.3) is 0 Å². The number of hydrogen-bond acceptors (Lipinski definition) is 11. The first-order valence-electron chi connectivity index (χ1n) is 16.8. The minimum absolute atomic E-state index is 0.0346. The van der Waals surface area contributed by atoms with Crippen LogP contribution < -0.4 is 0 Å². The lowest BCUT2D eigenvalue weighted by molar-refractivity contribution is -0.310. The second-order valence-electron chi connectivity index (χ2n) is 15.4. The molecule has 11 nitrogen and oxygen atoms in total. The van der Waals surface area contributed by atoms with Crippen molar-refractivity contribution in [2.45, 2.75) is 140 Å². The normalized spacial score (nSPS) is 47.2. The van der Waals surface area contributed by atoms with Crippen molar-refractivity contribution in [3.63, 3.8) is 0 Å². The summed E-state index contributed by atoms with van der Waals surface area (Å²) < 4.78 is 17.3.